The van der Waals surface area contributed by atoms with E-state index in [4.69, 9.17) is 23.7 Å². The summed E-state index contributed by atoms with van der Waals surface area (Å²) in [6.45, 7) is 3.68. The maximum atomic E-state index is 13.4. The first-order valence-corrected chi connectivity index (χ1v) is 15.9. The van der Waals surface area contributed by atoms with Crippen molar-refractivity contribution >= 4 is 12.1 Å². The second-order valence-corrected chi connectivity index (χ2v) is 12.0. The second kappa shape index (κ2) is 18.7. The molecule has 4 atom stereocenters. The molecular weight excluding hydrogens is 610 g/mol. The van der Waals surface area contributed by atoms with Crippen molar-refractivity contribution in [3.63, 3.8) is 0 Å². The molecule has 0 aromatic heterocycles. The second-order valence-electron chi connectivity index (χ2n) is 12.0. The van der Waals surface area contributed by atoms with Crippen molar-refractivity contribution in [3.05, 3.63) is 144 Å². The summed E-state index contributed by atoms with van der Waals surface area (Å²) >= 11 is 0. The Morgan fingerprint density at radius 3 is 1.52 bits per heavy atom. The lowest BCUT2D eigenvalue weighted by atomic mass is 9.78. The molecule has 4 aromatic rings. The fourth-order valence-electron chi connectivity index (χ4n) is 5.26. The van der Waals surface area contributed by atoms with Gasteiger partial charge < -0.3 is 34.1 Å². The molecule has 2 N–H and O–H groups in total. The highest BCUT2D eigenvalue weighted by atomic mass is 16.6. The third-order valence-corrected chi connectivity index (χ3v) is 7.98. The summed E-state index contributed by atoms with van der Waals surface area (Å²) in [5.74, 6) is -0.596. The number of hydrogen-bond donors (Lipinski definition) is 2. The SMILES string of the molecule is COC(=O)C(C)(C)C(NC(=O)OCc1ccccc1)[C@H](OCc1ccccc1)[C@H](OCc1ccccc1)C(O)COCc1ccccc1. The number of rotatable bonds is 18. The Kier molecular flexibility index (Phi) is 14.1. The van der Waals surface area contributed by atoms with Gasteiger partial charge in [-0.25, -0.2) is 4.79 Å². The zero-order chi connectivity index (χ0) is 34.2. The molecule has 0 aliphatic heterocycles. The number of alkyl carbamates (subject to hydrolysis) is 1. The average Bonchev–Trinajstić information content (AvgIpc) is 3.12. The van der Waals surface area contributed by atoms with E-state index >= 15 is 0 Å². The molecule has 0 aliphatic carbocycles. The maximum Gasteiger partial charge on any atom is 0.407 e. The predicted octanol–water partition coefficient (Wildman–Crippen LogP) is 6.23. The Morgan fingerprint density at radius 1 is 0.646 bits per heavy atom. The van der Waals surface area contributed by atoms with Crippen LogP contribution in [0.15, 0.2) is 121 Å². The van der Waals surface area contributed by atoms with Gasteiger partial charge in [-0.1, -0.05) is 121 Å². The molecule has 0 bridgehead atoms. The quantitative estimate of drug-likeness (QED) is 0.121. The van der Waals surface area contributed by atoms with Gasteiger partial charge in [-0.05, 0) is 36.1 Å². The van der Waals surface area contributed by atoms with Crippen LogP contribution in [0.2, 0.25) is 0 Å². The van der Waals surface area contributed by atoms with Crippen molar-refractivity contribution in [1.29, 1.82) is 0 Å². The zero-order valence-electron chi connectivity index (χ0n) is 27.7. The van der Waals surface area contributed by atoms with Crippen LogP contribution >= 0.6 is 0 Å². The van der Waals surface area contributed by atoms with Crippen LogP contribution in [0.4, 0.5) is 4.79 Å². The van der Waals surface area contributed by atoms with E-state index in [1.165, 1.54) is 7.11 Å². The van der Waals surface area contributed by atoms with E-state index in [1.54, 1.807) is 13.8 Å². The highest BCUT2D eigenvalue weighted by Gasteiger charge is 2.49. The van der Waals surface area contributed by atoms with Gasteiger partial charge in [0, 0.05) is 0 Å². The molecule has 0 fully saturated rings. The van der Waals surface area contributed by atoms with Crippen LogP contribution in [0.5, 0.6) is 0 Å². The number of esters is 1. The maximum absolute atomic E-state index is 13.4. The Morgan fingerprint density at radius 2 is 1.06 bits per heavy atom. The lowest BCUT2D eigenvalue weighted by molar-refractivity contribution is -0.176. The Balaban J connectivity index is 1.67. The third kappa shape index (κ3) is 11.0. The van der Waals surface area contributed by atoms with E-state index < -0.39 is 41.8 Å². The minimum absolute atomic E-state index is 0.0114. The molecule has 254 valence electrons. The summed E-state index contributed by atoms with van der Waals surface area (Å²) in [4.78, 5) is 26.7. The Hall–Kier alpha value is -4.54. The topological polar surface area (TPSA) is 113 Å². The van der Waals surface area contributed by atoms with Crippen molar-refractivity contribution in [1.82, 2.24) is 5.32 Å². The van der Waals surface area contributed by atoms with Gasteiger partial charge in [0.05, 0.1) is 45.0 Å². The fourth-order valence-corrected chi connectivity index (χ4v) is 5.26. The van der Waals surface area contributed by atoms with Gasteiger partial charge in [0.2, 0.25) is 0 Å². The van der Waals surface area contributed by atoms with Crippen LogP contribution in [-0.4, -0.2) is 55.2 Å². The lowest BCUT2D eigenvalue weighted by Crippen LogP contribution is -2.62. The minimum atomic E-state index is -1.36. The van der Waals surface area contributed by atoms with Gasteiger partial charge in [0.1, 0.15) is 24.9 Å². The molecule has 9 heteroatoms. The van der Waals surface area contributed by atoms with E-state index in [0.29, 0.717) is 0 Å². The summed E-state index contributed by atoms with van der Waals surface area (Å²) in [6, 6.07) is 36.8. The standard InChI is InChI=1S/C39H45NO8/c1-39(2,37(42)44-3)36(40-38(43)48-27-32-22-14-7-15-23-32)35(47-26-31-20-12-6-13-21-31)34(46-25-30-18-10-5-11-19-30)33(41)28-45-24-29-16-8-4-9-17-29/h4-23,33-36,41H,24-28H2,1-3H3,(H,40,43)/t33?,34-,35-,36?/m1/s1. The summed E-state index contributed by atoms with van der Waals surface area (Å²) in [6.07, 6.45) is -4.15. The molecule has 4 rings (SSSR count). The molecular formula is C39H45NO8. The van der Waals surface area contributed by atoms with Gasteiger partial charge in [-0.3, -0.25) is 4.79 Å². The first-order valence-electron chi connectivity index (χ1n) is 15.9. The molecule has 1 amide bonds. The molecule has 4 aromatic carbocycles. The highest BCUT2D eigenvalue weighted by molar-refractivity contribution is 5.78. The number of aliphatic hydroxyl groups is 1. The van der Waals surface area contributed by atoms with Gasteiger partial charge in [0.25, 0.3) is 0 Å². The van der Waals surface area contributed by atoms with Crippen molar-refractivity contribution in [2.75, 3.05) is 13.7 Å². The van der Waals surface area contributed by atoms with E-state index in [-0.39, 0.29) is 33.0 Å². The molecule has 9 nitrogen and oxygen atoms in total. The van der Waals surface area contributed by atoms with Crippen LogP contribution < -0.4 is 5.32 Å². The normalized spacial score (nSPS) is 13.9. The number of benzene rings is 4. The predicted molar refractivity (Wildman–Crippen MR) is 181 cm³/mol. The molecule has 48 heavy (non-hydrogen) atoms. The Labute approximate surface area is 282 Å². The van der Waals surface area contributed by atoms with Crippen LogP contribution in [0.3, 0.4) is 0 Å². The van der Waals surface area contributed by atoms with Gasteiger partial charge >= 0.3 is 12.1 Å². The van der Waals surface area contributed by atoms with Crippen LogP contribution in [0.1, 0.15) is 36.1 Å². The van der Waals surface area contributed by atoms with E-state index in [1.807, 2.05) is 121 Å². The molecule has 0 radical (unpaired) electrons. The van der Waals surface area contributed by atoms with Gasteiger partial charge in [-0.2, -0.15) is 0 Å². The zero-order valence-corrected chi connectivity index (χ0v) is 27.7. The fraction of sp³-hybridized carbons (Fsp3) is 0.333. The molecule has 0 heterocycles. The molecule has 2 unspecified atom stereocenters. The third-order valence-electron chi connectivity index (χ3n) is 7.98. The van der Waals surface area contributed by atoms with Gasteiger partial charge in [-0.15, -0.1) is 0 Å². The minimum Gasteiger partial charge on any atom is -0.469 e. The van der Waals surface area contributed by atoms with Crippen LogP contribution in [-0.2, 0) is 54.9 Å². The monoisotopic (exact) mass is 655 g/mol. The van der Waals surface area contributed by atoms with E-state index in [2.05, 4.69) is 5.32 Å². The van der Waals surface area contributed by atoms with Crippen LogP contribution in [0.25, 0.3) is 0 Å². The Bertz CT molecular complexity index is 1500. The number of aliphatic hydroxyl groups excluding tert-OH is 1. The first-order chi connectivity index (χ1) is 23.3. The van der Waals surface area contributed by atoms with Crippen molar-refractivity contribution < 1.29 is 38.4 Å². The molecule has 0 spiro atoms. The first kappa shape index (κ1) is 36.3. The van der Waals surface area contributed by atoms with Crippen molar-refractivity contribution in [2.45, 2.75) is 64.6 Å². The van der Waals surface area contributed by atoms with Crippen LogP contribution in [0, 0.1) is 5.41 Å². The number of carbonyl (C=O) groups is 2. The number of carbonyl (C=O) groups excluding carboxylic acids is 2. The molecule has 0 saturated carbocycles. The average molecular weight is 656 g/mol. The van der Waals surface area contributed by atoms with Crippen molar-refractivity contribution in [2.24, 2.45) is 5.41 Å². The number of methoxy groups -OCH3 is 1. The number of ether oxygens (including phenoxy) is 5. The highest BCUT2D eigenvalue weighted by Crippen LogP contribution is 2.31. The van der Waals surface area contributed by atoms with E-state index in [9.17, 15) is 14.7 Å². The summed E-state index contributed by atoms with van der Waals surface area (Å²) in [5, 5.41) is 14.6. The number of hydrogen-bond acceptors (Lipinski definition) is 8. The smallest absolute Gasteiger partial charge is 0.407 e. The number of amides is 1. The molecule has 0 aliphatic rings. The molecule has 0 saturated heterocycles. The largest absolute Gasteiger partial charge is 0.469 e. The lowest BCUT2D eigenvalue weighted by Gasteiger charge is -2.42. The van der Waals surface area contributed by atoms with Gasteiger partial charge in [0.15, 0.2) is 0 Å². The summed E-state index contributed by atoms with van der Waals surface area (Å²) in [5.41, 5.74) is 2.08. The van der Waals surface area contributed by atoms with Crippen molar-refractivity contribution in [3.8, 4) is 0 Å². The van der Waals surface area contributed by atoms with E-state index in [0.717, 1.165) is 22.3 Å². The number of nitrogens with one attached hydrogen (secondary N) is 1. The summed E-state index contributed by atoms with van der Waals surface area (Å²) in [7, 11) is 1.28. The summed E-state index contributed by atoms with van der Waals surface area (Å²) < 4.78 is 29.7.